The largest absolute Gasteiger partial charge is 0.443 e. The molecule has 0 aliphatic rings. The third kappa shape index (κ3) is 4.58. The van der Waals surface area contributed by atoms with Gasteiger partial charge in [0.25, 0.3) is 5.56 Å². The highest BCUT2D eigenvalue weighted by molar-refractivity contribution is 5.88. The first kappa shape index (κ1) is 23.2. The molecule has 32 heavy (non-hydrogen) atoms. The normalized spacial score (nSPS) is 12.1. The molecule has 1 amide bonds. The zero-order chi connectivity index (χ0) is 23.8. The van der Waals surface area contributed by atoms with E-state index in [9.17, 15) is 27.2 Å². The summed E-state index contributed by atoms with van der Waals surface area (Å²) in [7, 11) is 0. The average Bonchev–Trinajstić information content (AvgIpc) is 2.66. The van der Waals surface area contributed by atoms with Crippen LogP contribution in [0.15, 0.2) is 47.3 Å². The molecule has 10 heteroatoms. The van der Waals surface area contributed by atoms with Gasteiger partial charge >= 0.3 is 12.3 Å². The summed E-state index contributed by atoms with van der Waals surface area (Å²) >= 11 is 0. The molecule has 3 rings (SSSR count). The van der Waals surface area contributed by atoms with E-state index in [1.807, 2.05) is 0 Å². The topological polar surface area (TPSA) is 64.4 Å². The maximum Gasteiger partial charge on any atom is 0.417 e. The standard InChI is InChI=1S/C22H21F4N3O3/c1-5-28(20(31)32-21(2,3)4)19-27-16-11-7-10-15(23)17(16)18(30)29(19)14-9-6-8-13(12-14)22(24,25)26/h6-12H,5H2,1-4H3. The maximum atomic E-state index is 14.5. The number of anilines is 1. The van der Waals surface area contributed by atoms with E-state index < -0.39 is 40.2 Å². The Morgan fingerprint density at radius 1 is 1.12 bits per heavy atom. The van der Waals surface area contributed by atoms with Gasteiger partial charge in [0, 0.05) is 6.54 Å². The van der Waals surface area contributed by atoms with Crippen LogP contribution in [0.3, 0.4) is 0 Å². The number of carbonyl (C=O) groups excluding carboxylic acids is 1. The summed E-state index contributed by atoms with van der Waals surface area (Å²) in [5.74, 6) is -1.17. The molecule has 0 atom stereocenters. The van der Waals surface area contributed by atoms with Gasteiger partial charge in [-0.3, -0.25) is 4.79 Å². The molecule has 0 spiro atoms. The SMILES string of the molecule is CCN(C(=O)OC(C)(C)C)c1nc2cccc(F)c2c(=O)n1-c1cccc(C(F)(F)F)c1. The minimum absolute atomic E-state index is 0.0128. The average molecular weight is 451 g/mol. The van der Waals surface area contributed by atoms with Gasteiger partial charge in [-0.1, -0.05) is 12.1 Å². The molecule has 3 aromatic rings. The molecule has 0 unspecified atom stereocenters. The minimum Gasteiger partial charge on any atom is -0.443 e. The number of hydrogen-bond donors (Lipinski definition) is 0. The molecule has 0 saturated heterocycles. The highest BCUT2D eigenvalue weighted by Crippen LogP contribution is 2.31. The Balaban J connectivity index is 2.36. The van der Waals surface area contributed by atoms with E-state index in [-0.39, 0.29) is 23.7 Å². The Bertz CT molecular complexity index is 1230. The van der Waals surface area contributed by atoms with Gasteiger partial charge in [-0.15, -0.1) is 0 Å². The third-order valence-electron chi connectivity index (χ3n) is 4.43. The van der Waals surface area contributed by atoms with E-state index in [2.05, 4.69) is 4.98 Å². The summed E-state index contributed by atoms with van der Waals surface area (Å²) in [5, 5.41) is -0.408. The van der Waals surface area contributed by atoms with Crippen LogP contribution in [-0.4, -0.2) is 27.8 Å². The number of fused-ring (bicyclic) bond motifs is 1. The van der Waals surface area contributed by atoms with Gasteiger partial charge in [0.2, 0.25) is 5.95 Å². The number of carbonyl (C=O) groups is 1. The fourth-order valence-corrected chi connectivity index (χ4v) is 3.08. The summed E-state index contributed by atoms with van der Waals surface area (Å²) in [6.07, 6.45) is -5.53. The highest BCUT2D eigenvalue weighted by Gasteiger charge is 2.32. The van der Waals surface area contributed by atoms with Gasteiger partial charge in [0.1, 0.15) is 16.8 Å². The quantitative estimate of drug-likeness (QED) is 0.507. The van der Waals surface area contributed by atoms with Crippen molar-refractivity contribution in [1.82, 2.24) is 9.55 Å². The smallest absolute Gasteiger partial charge is 0.417 e. The number of alkyl halides is 3. The zero-order valence-corrected chi connectivity index (χ0v) is 17.8. The van der Waals surface area contributed by atoms with Crippen LogP contribution in [0.1, 0.15) is 33.3 Å². The van der Waals surface area contributed by atoms with E-state index in [0.717, 1.165) is 33.7 Å². The molecule has 0 bridgehead atoms. The Morgan fingerprint density at radius 3 is 2.38 bits per heavy atom. The molecule has 0 aliphatic heterocycles. The number of amides is 1. The van der Waals surface area contributed by atoms with Crippen molar-refractivity contribution in [2.24, 2.45) is 0 Å². The van der Waals surface area contributed by atoms with Crippen LogP contribution in [-0.2, 0) is 10.9 Å². The summed E-state index contributed by atoms with van der Waals surface area (Å²) in [6, 6.07) is 7.71. The molecule has 0 fully saturated rings. The van der Waals surface area contributed by atoms with Crippen LogP contribution in [0.5, 0.6) is 0 Å². The van der Waals surface area contributed by atoms with E-state index in [1.165, 1.54) is 18.2 Å². The van der Waals surface area contributed by atoms with Crippen molar-refractivity contribution in [2.45, 2.75) is 39.5 Å². The number of benzene rings is 2. The van der Waals surface area contributed by atoms with Gasteiger partial charge in [-0.05, 0) is 58.0 Å². The van der Waals surface area contributed by atoms with Crippen molar-refractivity contribution in [1.29, 1.82) is 0 Å². The molecule has 0 radical (unpaired) electrons. The first-order chi connectivity index (χ1) is 14.8. The summed E-state index contributed by atoms with van der Waals surface area (Å²) in [5.41, 5.74) is -3.12. The summed E-state index contributed by atoms with van der Waals surface area (Å²) in [4.78, 5) is 31.4. The molecule has 1 heterocycles. The maximum absolute atomic E-state index is 14.5. The Morgan fingerprint density at radius 2 is 1.78 bits per heavy atom. The predicted molar refractivity (Wildman–Crippen MR) is 112 cm³/mol. The van der Waals surface area contributed by atoms with Gasteiger partial charge in [-0.25, -0.2) is 23.6 Å². The minimum atomic E-state index is -4.68. The summed E-state index contributed by atoms with van der Waals surface area (Å²) in [6.45, 7) is 6.49. The number of rotatable bonds is 3. The third-order valence-corrected chi connectivity index (χ3v) is 4.43. The lowest BCUT2D eigenvalue weighted by Crippen LogP contribution is -2.40. The number of halogens is 4. The van der Waals surface area contributed by atoms with Crippen LogP contribution >= 0.6 is 0 Å². The van der Waals surface area contributed by atoms with E-state index >= 15 is 0 Å². The molecule has 0 aliphatic carbocycles. The Labute approximate surface area is 181 Å². The van der Waals surface area contributed by atoms with Crippen LogP contribution in [0.25, 0.3) is 16.6 Å². The van der Waals surface area contributed by atoms with Crippen LogP contribution in [0.2, 0.25) is 0 Å². The van der Waals surface area contributed by atoms with Crippen LogP contribution in [0, 0.1) is 5.82 Å². The molecule has 0 saturated carbocycles. The first-order valence-electron chi connectivity index (χ1n) is 9.73. The monoisotopic (exact) mass is 451 g/mol. The second kappa shape index (κ2) is 8.25. The first-order valence-corrected chi connectivity index (χ1v) is 9.73. The van der Waals surface area contributed by atoms with Crippen molar-refractivity contribution in [2.75, 3.05) is 11.4 Å². The molecule has 1 aromatic heterocycles. The van der Waals surface area contributed by atoms with E-state index in [1.54, 1.807) is 27.7 Å². The predicted octanol–water partition coefficient (Wildman–Crippen LogP) is 5.31. The molecular weight excluding hydrogens is 430 g/mol. The zero-order valence-electron chi connectivity index (χ0n) is 17.8. The van der Waals surface area contributed by atoms with Crippen LogP contribution < -0.4 is 10.5 Å². The lowest BCUT2D eigenvalue weighted by Gasteiger charge is -2.27. The Hall–Kier alpha value is -3.43. The fraction of sp³-hybridized carbons (Fsp3) is 0.318. The number of aromatic nitrogens is 2. The highest BCUT2D eigenvalue weighted by atomic mass is 19.4. The van der Waals surface area contributed by atoms with E-state index in [4.69, 9.17) is 4.74 Å². The van der Waals surface area contributed by atoms with Crippen molar-refractivity contribution in [3.05, 3.63) is 64.2 Å². The Kier molecular flexibility index (Phi) is 5.99. The molecule has 0 N–H and O–H groups in total. The van der Waals surface area contributed by atoms with Crippen molar-refractivity contribution in [3.63, 3.8) is 0 Å². The van der Waals surface area contributed by atoms with E-state index in [0.29, 0.717) is 0 Å². The van der Waals surface area contributed by atoms with Gasteiger partial charge in [-0.2, -0.15) is 13.2 Å². The van der Waals surface area contributed by atoms with Crippen molar-refractivity contribution in [3.8, 4) is 5.69 Å². The molecule has 170 valence electrons. The van der Waals surface area contributed by atoms with Crippen molar-refractivity contribution < 1.29 is 27.1 Å². The summed E-state index contributed by atoms with van der Waals surface area (Å²) < 4.78 is 60.5. The fourth-order valence-electron chi connectivity index (χ4n) is 3.08. The molecular formula is C22H21F4N3O3. The van der Waals surface area contributed by atoms with Crippen molar-refractivity contribution >= 4 is 22.9 Å². The second-order valence-corrected chi connectivity index (χ2v) is 7.96. The van der Waals surface area contributed by atoms with Crippen LogP contribution in [0.4, 0.5) is 28.3 Å². The van der Waals surface area contributed by atoms with Gasteiger partial charge in [0.15, 0.2) is 0 Å². The molecule has 2 aromatic carbocycles. The molecule has 6 nitrogen and oxygen atoms in total. The number of nitrogens with zero attached hydrogens (tertiary/aromatic N) is 3. The number of ether oxygens (including phenoxy) is 1. The number of hydrogen-bond acceptors (Lipinski definition) is 4. The second-order valence-electron chi connectivity index (χ2n) is 7.96. The van der Waals surface area contributed by atoms with Gasteiger partial charge in [0.05, 0.1) is 16.8 Å². The lowest BCUT2D eigenvalue weighted by molar-refractivity contribution is -0.137. The lowest BCUT2D eigenvalue weighted by atomic mass is 10.2. The van der Waals surface area contributed by atoms with Gasteiger partial charge < -0.3 is 4.74 Å².